The third kappa shape index (κ3) is 2.96. The summed E-state index contributed by atoms with van der Waals surface area (Å²) in [5.74, 6) is 1.45. The minimum Gasteiger partial charge on any atom is -0.454 e. The number of ether oxygens (including phenoxy) is 2. The van der Waals surface area contributed by atoms with E-state index in [1.807, 2.05) is 0 Å². The van der Waals surface area contributed by atoms with E-state index in [4.69, 9.17) is 15.2 Å². The number of hydrogen-bond acceptors (Lipinski definition) is 5. The first kappa shape index (κ1) is 13.6. The summed E-state index contributed by atoms with van der Waals surface area (Å²) in [5.41, 5.74) is 6.58. The van der Waals surface area contributed by atoms with Gasteiger partial charge in [0, 0.05) is 6.04 Å². The first-order valence-electron chi connectivity index (χ1n) is 6.32. The molecule has 104 valence electrons. The molecule has 1 atom stereocenters. The van der Waals surface area contributed by atoms with Gasteiger partial charge in [-0.2, -0.15) is 0 Å². The molecule has 0 amide bonds. The predicted octanol–water partition coefficient (Wildman–Crippen LogP) is 2.76. The van der Waals surface area contributed by atoms with Gasteiger partial charge in [0.1, 0.15) is 0 Å². The Labute approximate surface area is 111 Å². The average molecular weight is 266 g/mol. The highest BCUT2D eigenvalue weighted by atomic mass is 16.7. The molecule has 0 saturated carbocycles. The van der Waals surface area contributed by atoms with Crippen molar-refractivity contribution in [1.29, 1.82) is 0 Å². The van der Waals surface area contributed by atoms with Crippen LogP contribution in [-0.4, -0.2) is 11.7 Å². The Morgan fingerprint density at radius 2 is 1.95 bits per heavy atom. The van der Waals surface area contributed by atoms with Crippen molar-refractivity contribution in [3.8, 4) is 11.5 Å². The van der Waals surface area contributed by atoms with Gasteiger partial charge in [-0.1, -0.05) is 13.8 Å². The van der Waals surface area contributed by atoms with E-state index in [-0.39, 0.29) is 18.5 Å². The van der Waals surface area contributed by atoms with E-state index >= 15 is 0 Å². The standard InChI is InChI=1S/C13H18N2O4/c1-8(2)3-4-10(14)9-5-12-13(19-7-18-12)6-11(9)15(16)17/h5-6,8,10H,3-4,7,14H2,1-2H3/t10-/m1/s1. The molecule has 1 aliphatic heterocycles. The van der Waals surface area contributed by atoms with Crippen molar-refractivity contribution in [3.63, 3.8) is 0 Å². The molecule has 0 fully saturated rings. The van der Waals surface area contributed by atoms with Crippen molar-refractivity contribution in [2.24, 2.45) is 11.7 Å². The van der Waals surface area contributed by atoms with E-state index in [1.165, 1.54) is 6.07 Å². The largest absolute Gasteiger partial charge is 0.454 e. The van der Waals surface area contributed by atoms with Crippen LogP contribution in [0.4, 0.5) is 5.69 Å². The lowest BCUT2D eigenvalue weighted by molar-refractivity contribution is -0.385. The van der Waals surface area contributed by atoms with Crippen LogP contribution in [-0.2, 0) is 0 Å². The number of benzene rings is 1. The normalized spacial score (nSPS) is 14.7. The summed E-state index contributed by atoms with van der Waals surface area (Å²) in [6.07, 6.45) is 1.63. The lowest BCUT2D eigenvalue weighted by Crippen LogP contribution is -2.13. The highest BCUT2D eigenvalue weighted by molar-refractivity contribution is 5.56. The Balaban J connectivity index is 2.29. The lowest BCUT2D eigenvalue weighted by atomic mass is 9.97. The third-order valence-corrected chi connectivity index (χ3v) is 3.17. The molecule has 0 aromatic heterocycles. The molecule has 0 radical (unpaired) electrons. The van der Waals surface area contributed by atoms with Crippen LogP contribution in [0, 0.1) is 16.0 Å². The highest BCUT2D eigenvalue weighted by Gasteiger charge is 2.26. The van der Waals surface area contributed by atoms with Crippen LogP contribution >= 0.6 is 0 Å². The predicted molar refractivity (Wildman–Crippen MR) is 70.2 cm³/mol. The monoisotopic (exact) mass is 266 g/mol. The fourth-order valence-corrected chi connectivity index (χ4v) is 2.07. The molecule has 1 aliphatic rings. The number of nitro benzene ring substituents is 1. The van der Waals surface area contributed by atoms with Gasteiger partial charge in [0.05, 0.1) is 16.6 Å². The Kier molecular flexibility index (Phi) is 3.90. The smallest absolute Gasteiger partial charge is 0.278 e. The number of hydrogen-bond donors (Lipinski definition) is 1. The number of nitrogens with zero attached hydrogens (tertiary/aromatic N) is 1. The van der Waals surface area contributed by atoms with Crippen molar-refractivity contribution in [3.05, 3.63) is 27.8 Å². The molecular weight excluding hydrogens is 248 g/mol. The van der Waals surface area contributed by atoms with Gasteiger partial charge >= 0.3 is 0 Å². The molecule has 1 heterocycles. The summed E-state index contributed by atoms with van der Waals surface area (Å²) in [4.78, 5) is 10.7. The minimum absolute atomic E-state index is 0.000469. The first-order valence-corrected chi connectivity index (χ1v) is 6.32. The van der Waals surface area contributed by atoms with Crippen LogP contribution in [0.3, 0.4) is 0 Å². The van der Waals surface area contributed by atoms with Crippen LogP contribution in [0.1, 0.15) is 38.3 Å². The molecule has 2 rings (SSSR count). The van der Waals surface area contributed by atoms with Crippen LogP contribution < -0.4 is 15.2 Å². The fourth-order valence-electron chi connectivity index (χ4n) is 2.07. The highest BCUT2D eigenvalue weighted by Crippen LogP contribution is 2.40. The summed E-state index contributed by atoms with van der Waals surface area (Å²) in [6.45, 7) is 4.29. The molecule has 1 aromatic carbocycles. The van der Waals surface area contributed by atoms with E-state index in [2.05, 4.69) is 13.8 Å². The third-order valence-electron chi connectivity index (χ3n) is 3.17. The zero-order valence-corrected chi connectivity index (χ0v) is 11.1. The molecule has 2 N–H and O–H groups in total. The van der Waals surface area contributed by atoms with Crippen molar-refractivity contribution in [1.82, 2.24) is 0 Å². The number of rotatable bonds is 5. The number of fused-ring (bicyclic) bond motifs is 1. The SMILES string of the molecule is CC(C)CC[C@@H](N)c1cc2c(cc1[N+](=O)[O-])OCO2. The molecule has 6 nitrogen and oxygen atoms in total. The first-order chi connectivity index (χ1) is 8.99. The van der Waals surface area contributed by atoms with Gasteiger partial charge in [-0.3, -0.25) is 10.1 Å². The summed E-state index contributed by atoms with van der Waals surface area (Å²) in [5, 5.41) is 11.1. The molecule has 6 heteroatoms. The summed E-state index contributed by atoms with van der Waals surface area (Å²) < 4.78 is 10.4. The molecule has 0 bridgehead atoms. The van der Waals surface area contributed by atoms with Gasteiger partial charge < -0.3 is 15.2 Å². The van der Waals surface area contributed by atoms with E-state index in [0.717, 1.165) is 6.42 Å². The van der Waals surface area contributed by atoms with E-state index in [9.17, 15) is 10.1 Å². The van der Waals surface area contributed by atoms with Crippen molar-refractivity contribution < 1.29 is 14.4 Å². The zero-order chi connectivity index (χ0) is 14.0. The maximum atomic E-state index is 11.1. The Morgan fingerprint density at radius 1 is 1.32 bits per heavy atom. The quantitative estimate of drug-likeness (QED) is 0.654. The van der Waals surface area contributed by atoms with Crippen molar-refractivity contribution >= 4 is 5.69 Å². The van der Waals surface area contributed by atoms with Crippen LogP contribution in [0.15, 0.2) is 12.1 Å². The second-order valence-electron chi connectivity index (χ2n) is 5.10. The average Bonchev–Trinajstić information content (AvgIpc) is 2.81. The molecule has 1 aromatic rings. The second kappa shape index (κ2) is 5.44. The van der Waals surface area contributed by atoms with Crippen molar-refractivity contribution in [2.45, 2.75) is 32.7 Å². The van der Waals surface area contributed by atoms with Gasteiger partial charge in [-0.05, 0) is 24.8 Å². The Bertz CT molecular complexity index is 488. The zero-order valence-electron chi connectivity index (χ0n) is 11.1. The van der Waals surface area contributed by atoms with E-state index < -0.39 is 4.92 Å². The maximum Gasteiger partial charge on any atom is 0.278 e. The molecular formula is C13H18N2O4. The van der Waals surface area contributed by atoms with Crippen molar-refractivity contribution in [2.75, 3.05) is 6.79 Å². The van der Waals surface area contributed by atoms with Gasteiger partial charge in [-0.15, -0.1) is 0 Å². The molecule has 0 aliphatic carbocycles. The van der Waals surface area contributed by atoms with Crippen LogP contribution in [0.5, 0.6) is 11.5 Å². The lowest BCUT2D eigenvalue weighted by Gasteiger charge is -2.14. The number of nitrogens with two attached hydrogens (primary N) is 1. The van der Waals surface area contributed by atoms with Crippen LogP contribution in [0.25, 0.3) is 0 Å². The maximum absolute atomic E-state index is 11.1. The molecule has 0 saturated heterocycles. The van der Waals surface area contributed by atoms with Gasteiger partial charge in [-0.25, -0.2) is 0 Å². The van der Waals surface area contributed by atoms with Gasteiger partial charge in [0.25, 0.3) is 5.69 Å². The topological polar surface area (TPSA) is 87.6 Å². The summed E-state index contributed by atoms with van der Waals surface area (Å²) in [6, 6.07) is 2.66. The van der Waals surface area contributed by atoms with E-state index in [0.29, 0.717) is 29.4 Å². The summed E-state index contributed by atoms with van der Waals surface area (Å²) in [7, 11) is 0. The minimum atomic E-state index is -0.424. The fraction of sp³-hybridized carbons (Fsp3) is 0.538. The number of nitro groups is 1. The van der Waals surface area contributed by atoms with E-state index in [1.54, 1.807) is 6.07 Å². The van der Waals surface area contributed by atoms with Gasteiger partial charge in [0.15, 0.2) is 11.5 Å². The molecule has 0 spiro atoms. The molecule has 0 unspecified atom stereocenters. The van der Waals surface area contributed by atoms with Gasteiger partial charge in [0.2, 0.25) is 6.79 Å². The van der Waals surface area contributed by atoms with Crippen LogP contribution in [0.2, 0.25) is 0 Å². The second-order valence-corrected chi connectivity index (χ2v) is 5.10. The molecule has 19 heavy (non-hydrogen) atoms. The summed E-state index contributed by atoms with van der Waals surface area (Å²) >= 11 is 0. The Hall–Kier alpha value is -1.82. The Morgan fingerprint density at radius 3 is 2.53 bits per heavy atom.